The van der Waals surface area contributed by atoms with Crippen molar-refractivity contribution in [3.8, 4) is 11.5 Å². The van der Waals surface area contributed by atoms with Crippen molar-refractivity contribution in [2.24, 2.45) is 0 Å². The molecule has 0 unspecified atom stereocenters. The number of amides is 1. The van der Waals surface area contributed by atoms with Gasteiger partial charge in [0, 0.05) is 13.1 Å². The minimum atomic E-state index is -3.90. The average molecular weight is 575 g/mol. The molecule has 0 saturated carbocycles. The van der Waals surface area contributed by atoms with Gasteiger partial charge in [-0.05, 0) is 68.1 Å². The smallest absolute Gasteiger partial charge is 0.261 e. The van der Waals surface area contributed by atoms with Gasteiger partial charge < -0.3 is 14.7 Å². The highest BCUT2D eigenvalue weighted by atomic mass is 32.2. The number of hydrogen-bond donors (Lipinski definition) is 2. The Bertz CT molecular complexity index is 1130. The summed E-state index contributed by atoms with van der Waals surface area (Å²) in [4.78, 5) is 14.9. The number of nitrogens with one attached hydrogen (secondary N) is 1. The molecule has 2 aromatic carbocycles. The maximum atomic E-state index is 13.1. The number of carbonyl (C=O) groups is 1. The molecule has 1 amide bonds. The van der Waals surface area contributed by atoms with Gasteiger partial charge in [-0.2, -0.15) is 0 Å². The van der Waals surface area contributed by atoms with Crippen LogP contribution in [0.15, 0.2) is 41.3 Å². The van der Waals surface area contributed by atoms with Gasteiger partial charge in [-0.3, -0.25) is 9.52 Å². The van der Waals surface area contributed by atoms with E-state index >= 15 is 0 Å². The molecule has 224 valence electrons. The van der Waals surface area contributed by atoms with E-state index < -0.39 is 10.0 Å². The molecule has 2 N–H and O–H groups in total. The first kappa shape index (κ1) is 33.5. The molecule has 0 atom stereocenters. The first-order valence-electron chi connectivity index (χ1n) is 15.1. The van der Waals surface area contributed by atoms with Crippen molar-refractivity contribution < 1.29 is 23.1 Å². The second-order valence-corrected chi connectivity index (χ2v) is 12.3. The molecule has 40 heavy (non-hydrogen) atoms. The fraction of sp³-hybridized carbons (Fsp3) is 0.594. The van der Waals surface area contributed by atoms with Crippen LogP contribution in [0.4, 0.5) is 5.69 Å². The zero-order chi connectivity index (χ0) is 29.4. The molecular formula is C32H50N2O5S. The van der Waals surface area contributed by atoms with Crippen molar-refractivity contribution in [2.45, 2.75) is 110 Å². The summed E-state index contributed by atoms with van der Waals surface area (Å²) in [7, 11) is -3.90. The third-order valence-electron chi connectivity index (χ3n) is 6.96. The van der Waals surface area contributed by atoms with E-state index in [-0.39, 0.29) is 27.8 Å². The highest BCUT2D eigenvalue weighted by Crippen LogP contribution is 2.29. The molecule has 8 heteroatoms. The molecule has 0 fully saturated rings. The SMILES string of the molecule is CCCCCCCCCCCCOc1ccc(S(=O)(=O)Nc2cc(C)c(O)c(C(=O)N(CCC)CCC)c2)cc1. The van der Waals surface area contributed by atoms with Crippen LogP contribution in [-0.4, -0.2) is 44.0 Å². The molecular weight excluding hydrogens is 524 g/mol. The van der Waals surface area contributed by atoms with Crippen LogP contribution in [0.3, 0.4) is 0 Å². The maximum absolute atomic E-state index is 13.1. The van der Waals surface area contributed by atoms with Gasteiger partial charge >= 0.3 is 0 Å². The Hall–Kier alpha value is -2.74. The summed E-state index contributed by atoms with van der Waals surface area (Å²) in [5.74, 6) is 0.193. The van der Waals surface area contributed by atoms with Gasteiger partial charge in [0.05, 0.1) is 22.8 Å². The summed E-state index contributed by atoms with van der Waals surface area (Å²) in [6.07, 6.45) is 14.2. The molecule has 0 aromatic heterocycles. The normalized spacial score (nSPS) is 11.4. The second kappa shape index (κ2) is 17.8. The van der Waals surface area contributed by atoms with Gasteiger partial charge in [-0.25, -0.2) is 8.42 Å². The predicted molar refractivity (Wildman–Crippen MR) is 164 cm³/mol. The number of rotatable bonds is 20. The molecule has 0 spiro atoms. The Balaban J connectivity index is 1.91. The molecule has 0 radical (unpaired) electrons. The van der Waals surface area contributed by atoms with Crippen LogP contribution in [0.5, 0.6) is 11.5 Å². The van der Waals surface area contributed by atoms with Crippen LogP contribution in [0.2, 0.25) is 0 Å². The Morgan fingerprint density at radius 1 is 0.825 bits per heavy atom. The van der Waals surface area contributed by atoms with Crippen molar-refractivity contribution in [3.05, 3.63) is 47.5 Å². The number of phenols is 1. The van der Waals surface area contributed by atoms with Gasteiger partial charge in [-0.15, -0.1) is 0 Å². The summed E-state index contributed by atoms with van der Waals surface area (Å²) in [5, 5.41) is 10.6. The molecule has 2 rings (SSSR count). The van der Waals surface area contributed by atoms with Crippen LogP contribution in [0.1, 0.15) is 114 Å². The third-order valence-corrected chi connectivity index (χ3v) is 8.36. The largest absolute Gasteiger partial charge is 0.507 e. The van der Waals surface area contributed by atoms with E-state index in [9.17, 15) is 18.3 Å². The molecule has 2 aromatic rings. The number of phenolic OH excluding ortho intramolecular Hbond substituents is 1. The van der Waals surface area contributed by atoms with E-state index in [0.29, 0.717) is 31.0 Å². The number of sulfonamides is 1. The topological polar surface area (TPSA) is 95.9 Å². The summed E-state index contributed by atoms with van der Waals surface area (Å²) in [6, 6.07) is 9.28. The van der Waals surface area contributed by atoms with Crippen LogP contribution in [-0.2, 0) is 10.0 Å². The summed E-state index contributed by atoms with van der Waals surface area (Å²) < 4.78 is 34.5. The minimum absolute atomic E-state index is 0.0929. The molecule has 0 aliphatic rings. The number of ether oxygens (including phenoxy) is 1. The number of nitrogens with zero attached hydrogens (tertiary/aromatic N) is 1. The second-order valence-electron chi connectivity index (χ2n) is 10.6. The van der Waals surface area contributed by atoms with Crippen molar-refractivity contribution >= 4 is 21.6 Å². The quantitative estimate of drug-likeness (QED) is 0.123. The number of aromatic hydroxyl groups is 1. The van der Waals surface area contributed by atoms with Gasteiger partial charge in [0.2, 0.25) is 0 Å². The number of hydrogen-bond acceptors (Lipinski definition) is 5. The minimum Gasteiger partial charge on any atom is -0.507 e. The Morgan fingerprint density at radius 3 is 1.93 bits per heavy atom. The van der Waals surface area contributed by atoms with Gasteiger partial charge in [-0.1, -0.05) is 78.6 Å². The van der Waals surface area contributed by atoms with Crippen LogP contribution >= 0.6 is 0 Å². The first-order chi connectivity index (χ1) is 19.2. The van der Waals surface area contributed by atoms with Crippen molar-refractivity contribution in [1.29, 1.82) is 0 Å². The highest BCUT2D eigenvalue weighted by Gasteiger charge is 2.22. The van der Waals surface area contributed by atoms with Crippen molar-refractivity contribution in [1.82, 2.24) is 4.90 Å². The lowest BCUT2D eigenvalue weighted by Crippen LogP contribution is -2.32. The summed E-state index contributed by atoms with van der Waals surface area (Å²) >= 11 is 0. The molecule has 0 aliphatic heterocycles. The van der Waals surface area contributed by atoms with Crippen LogP contribution in [0, 0.1) is 6.92 Å². The monoisotopic (exact) mass is 574 g/mol. The van der Waals surface area contributed by atoms with E-state index in [4.69, 9.17) is 4.74 Å². The van der Waals surface area contributed by atoms with Gasteiger partial charge in [0.25, 0.3) is 15.9 Å². The Labute approximate surface area is 242 Å². The standard InChI is InChI=1S/C32H50N2O5S/c1-5-8-9-10-11-12-13-14-15-16-23-39-28-17-19-29(20-18-28)40(37,38)33-27-24-26(4)31(35)30(25-27)32(36)34(21-6-2)22-7-3/h17-20,24-25,33,35H,5-16,21-23H2,1-4H3. The van der Waals surface area contributed by atoms with E-state index in [1.54, 1.807) is 24.0 Å². The maximum Gasteiger partial charge on any atom is 0.261 e. The number of unbranched alkanes of at least 4 members (excludes halogenated alkanes) is 9. The Kier molecular flexibility index (Phi) is 14.9. The zero-order valence-electron chi connectivity index (χ0n) is 25.0. The number of aryl methyl sites for hydroxylation is 1. The summed E-state index contributed by atoms with van der Waals surface area (Å²) in [5.41, 5.74) is 0.746. The van der Waals surface area contributed by atoms with E-state index in [2.05, 4.69) is 11.6 Å². The molecule has 0 heterocycles. The lowest BCUT2D eigenvalue weighted by atomic mass is 10.1. The first-order valence-corrected chi connectivity index (χ1v) is 16.6. The fourth-order valence-electron chi connectivity index (χ4n) is 4.74. The van der Waals surface area contributed by atoms with Gasteiger partial charge in [0.15, 0.2) is 0 Å². The highest BCUT2D eigenvalue weighted by molar-refractivity contribution is 7.92. The van der Waals surface area contributed by atoms with Gasteiger partial charge in [0.1, 0.15) is 11.5 Å². The predicted octanol–water partition coefficient (Wildman–Crippen LogP) is 8.06. The van der Waals surface area contributed by atoms with E-state index in [0.717, 1.165) is 25.7 Å². The number of benzene rings is 2. The van der Waals surface area contributed by atoms with E-state index in [1.807, 2.05) is 13.8 Å². The van der Waals surface area contributed by atoms with Crippen molar-refractivity contribution in [3.63, 3.8) is 0 Å². The number of anilines is 1. The molecule has 0 bridgehead atoms. The molecule has 0 aliphatic carbocycles. The fourth-order valence-corrected chi connectivity index (χ4v) is 5.78. The van der Waals surface area contributed by atoms with E-state index in [1.165, 1.54) is 75.6 Å². The Morgan fingerprint density at radius 2 is 1.38 bits per heavy atom. The summed E-state index contributed by atoms with van der Waals surface area (Å²) in [6.45, 7) is 9.60. The third kappa shape index (κ3) is 11.0. The number of carbonyl (C=O) groups excluding carboxylic acids is 1. The zero-order valence-corrected chi connectivity index (χ0v) is 25.8. The van der Waals surface area contributed by atoms with Crippen molar-refractivity contribution in [2.75, 3.05) is 24.4 Å². The lowest BCUT2D eigenvalue weighted by molar-refractivity contribution is 0.0752. The molecule has 7 nitrogen and oxygen atoms in total. The van der Waals surface area contributed by atoms with Crippen LogP contribution in [0.25, 0.3) is 0 Å². The molecule has 0 saturated heterocycles. The lowest BCUT2D eigenvalue weighted by Gasteiger charge is -2.23. The average Bonchev–Trinajstić information content (AvgIpc) is 2.93. The van der Waals surface area contributed by atoms with Crippen LogP contribution < -0.4 is 9.46 Å².